The highest BCUT2D eigenvalue weighted by Crippen LogP contribution is 2.31. The van der Waals surface area contributed by atoms with Crippen molar-refractivity contribution in [3.8, 4) is 5.75 Å². The van der Waals surface area contributed by atoms with Gasteiger partial charge in [0.15, 0.2) is 0 Å². The van der Waals surface area contributed by atoms with E-state index in [4.69, 9.17) is 11.6 Å². The Labute approximate surface area is 153 Å². The average molecular weight is 359 g/mol. The maximum absolute atomic E-state index is 11.6. The lowest BCUT2D eigenvalue weighted by Crippen LogP contribution is -2.38. The van der Waals surface area contributed by atoms with E-state index in [0.717, 1.165) is 18.7 Å². The highest BCUT2D eigenvalue weighted by atomic mass is 35.5. The maximum atomic E-state index is 11.6. The van der Waals surface area contributed by atoms with E-state index in [1.807, 2.05) is 6.07 Å². The van der Waals surface area contributed by atoms with Gasteiger partial charge in [-0.25, -0.2) is 0 Å². The smallest absolute Gasteiger partial charge is 0.217 e. The Morgan fingerprint density at radius 1 is 1.24 bits per heavy atom. The number of phenols is 1. The van der Waals surface area contributed by atoms with Gasteiger partial charge in [0.25, 0.3) is 0 Å². The quantitative estimate of drug-likeness (QED) is 0.880. The summed E-state index contributed by atoms with van der Waals surface area (Å²) in [6.45, 7) is 5.95. The summed E-state index contributed by atoms with van der Waals surface area (Å²) in [5.41, 5.74) is 3.44. The Hall–Kier alpha value is -2.04. The van der Waals surface area contributed by atoms with Crippen LogP contribution < -0.4 is 5.32 Å². The number of nitrogens with zero attached hydrogens (tertiary/aromatic N) is 1. The Kier molecular flexibility index (Phi) is 5.30. The Morgan fingerprint density at radius 2 is 1.96 bits per heavy atom. The normalized spacial score (nSPS) is 20.6. The van der Waals surface area contributed by atoms with Crippen LogP contribution in [-0.4, -0.2) is 35.0 Å². The van der Waals surface area contributed by atoms with Gasteiger partial charge in [0, 0.05) is 43.5 Å². The van der Waals surface area contributed by atoms with E-state index < -0.39 is 0 Å². The molecule has 0 spiro atoms. The SMILES string of the molecule is CC(=O)NC1CN(Cc2ccc(O)cc2Cl)CC1c1ccc(C)cc1. The van der Waals surface area contributed by atoms with Gasteiger partial charge in [-0.15, -0.1) is 0 Å². The van der Waals surface area contributed by atoms with Crippen molar-refractivity contribution >= 4 is 17.5 Å². The lowest BCUT2D eigenvalue weighted by atomic mass is 9.93. The Balaban J connectivity index is 1.78. The van der Waals surface area contributed by atoms with Gasteiger partial charge in [0.2, 0.25) is 5.91 Å². The molecular weight excluding hydrogens is 336 g/mol. The zero-order chi connectivity index (χ0) is 18.0. The van der Waals surface area contributed by atoms with Crippen LogP contribution in [0.25, 0.3) is 0 Å². The minimum Gasteiger partial charge on any atom is -0.508 e. The summed E-state index contributed by atoms with van der Waals surface area (Å²) in [4.78, 5) is 13.9. The van der Waals surface area contributed by atoms with Crippen molar-refractivity contribution in [3.63, 3.8) is 0 Å². The minimum absolute atomic E-state index is 0.00775. The van der Waals surface area contributed by atoms with Crippen molar-refractivity contribution in [2.24, 2.45) is 0 Å². The molecule has 0 radical (unpaired) electrons. The third-order valence-corrected chi connectivity index (χ3v) is 5.07. The maximum Gasteiger partial charge on any atom is 0.217 e. The average Bonchev–Trinajstić information content (AvgIpc) is 2.92. The molecular formula is C20H23ClN2O2. The molecule has 0 aromatic heterocycles. The number of benzene rings is 2. The van der Waals surface area contributed by atoms with Gasteiger partial charge < -0.3 is 10.4 Å². The molecule has 2 aromatic rings. The first-order chi connectivity index (χ1) is 11.9. The second kappa shape index (κ2) is 7.46. The molecule has 2 N–H and O–H groups in total. The molecule has 1 amide bonds. The van der Waals surface area contributed by atoms with Gasteiger partial charge in [-0.1, -0.05) is 47.5 Å². The van der Waals surface area contributed by atoms with Crippen LogP contribution in [0.15, 0.2) is 42.5 Å². The number of hydrogen-bond donors (Lipinski definition) is 2. The van der Waals surface area contributed by atoms with Crippen LogP contribution >= 0.6 is 11.6 Å². The van der Waals surface area contributed by atoms with Crippen molar-refractivity contribution in [1.29, 1.82) is 0 Å². The molecule has 0 aliphatic carbocycles. The van der Waals surface area contributed by atoms with E-state index in [1.54, 1.807) is 19.1 Å². The van der Waals surface area contributed by atoms with E-state index in [0.29, 0.717) is 11.6 Å². The fourth-order valence-corrected chi connectivity index (χ4v) is 3.71. The predicted molar refractivity (Wildman–Crippen MR) is 99.9 cm³/mol. The van der Waals surface area contributed by atoms with E-state index in [2.05, 4.69) is 41.4 Å². The van der Waals surface area contributed by atoms with Crippen LogP contribution in [0.5, 0.6) is 5.75 Å². The number of aryl methyl sites for hydroxylation is 1. The van der Waals surface area contributed by atoms with Gasteiger partial charge in [-0.3, -0.25) is 9.69 Å². The molecule has 0 saturated carbocycles. The summed E-state index contributed by atoms with van der Waals surface area (Å²) in [7, 11) is 0. The van der Waals surface area contributed by atoms with E-state index in [-0.39, 0.29) is 23.6 Å². The first kappa shape index (κ1) is 17.8. The predicted octanol–water partition coefficient (Wildman–Crippen LogP) is 3.46. The summed E-state index contributed by atoms with van der Waals surface area (Å²) < 4.78 is 0. The molecule has 5 heteroatoms. The zero-order valence-electron chi connectivity index (χ0n) is 14.5. The summed E-state index contributed by atoms with van der Waals surface area (Å²) in [5, 5.41) is 13.2. The van der Waals surface area contributed by atoms with Crippen LogP contribution in [0.3, 0.4) is 0 Å². The molecule has 132 valence electrons. The van der Waals surface area contributed by atoms with Gasteiger partial charge in [0.05, 0.1) is 0 Å². The van der Waals surface area contributed by atoms with Crippen molar-refractivity contribution < 1.29 is 9.90 Å². The van der Waals surface area contributed by atoms with Crippen LogP contribution in [0.4, 0.5) is 0 Å². The largest absolute Gasteiger partial charge is 0.508 e. The third kappa shape index (κ3) is 4.33. The zero-order valence-corrected chi connectivity index (χ0v) is 15.3. The van der Waals surface area contributed by atoms with Crippen LogP contribution in [0.2, 0.25) is 5.02 Å². The summed E-state index contributed by atoms with van der Waals surface area (Å²) in [5.74, 6) is 0.413. The van der Waals surface area contributed by atoms with E-state index in [9.17, 15) is 9.90 Å². The van der Waals surface area contributed by atoms with E-state index in [1.165, 1.54) is 11.1 Å². The number of amides is 1. The van der Waals surface area contributed by atoms with Crippen LogP contribution in [0.1, 0.15) is 29.5 Å². The molecule has 3 rings (SSSR count). The van der Waals surface area contributed by atoms with Crippen molar-refractivity contribution in [2.75, 3.05) is 13.1 Å². The molecule has 0 bridgehead atoms. The van der Waals surface area contributed by atoms with Crippen molar-refractivity contribution in [1.82, 2.24) is 10.2 Å². The molecule has 4 nitrogen and oxygen atoms in total. The fourth-order valence-electron chi connectivity index (χ4n) is 3.48. The molecule has 25 heavy (non-hydrogen) atoms. The summed E-state index contributed by atoms with van der Waals surface area (Å²) >= 11 is 6.24. The summed E-state index contributed by atoms with van der Waals surface area (Å²) in [6, 6.07) is 13.7. The number of rotatable bonds is 4. The van der Waals surface area contributed by atoms with Gasteiger partial charge in [0.1, 0.15) is 5.75 Å². The first-order valence-electron chi connectivity index (χ1n) is 8.46. The first-order valence-corrected chi connectivity index (χ1v) is 8.83. The molecule has 1 heterocycles. The highest BCUT2D eigenvalue weighted by molar-refractivity contribution is 6.31. The highest BCUT2D eigenvalue weighted by Gasteiger charge is 2.34. The lowest BCUT2D eigenvalue weighted by Gasteiger charge is -2.19. The number of carbonyl (C=O) groups is 1. The van der Waals surface area contributed by atoms with Gasteiger partial charge in [-0.05, 0) is 30.2 Å². The third-order valence-electron chi connectivity index (χ3n) is 4.72. The summed E-state index contributed by atoms with van der Waals surface area (Å²) in [6.07, 6.45) is 0. The number of hydrogen-bond acceptors (Lipinski definition) is 3. The van der Waals surface area contributed by atoms with Crippen molar-refractivity contribution in [2.45, 2.75) is 32.4 Å². The standard InChI is InChI=1S/C20H23ClN2O2/c1-13-3-5-15(6-4-13)18-11-23(12-20(18)22-14(2)24)10-16-7-8-17(25)9-19(16)21/h3-9,18,20,25H,10-12H2,1-2H3,(H,22,24). The number of likely N-dealkylation sites (tertiary alicyclic amines) is 1. The second-order valence-corrected chi connectivity index (χ2v) is 7.20. The Bertz CT molecular complexity index is 761. The number of carbonyl (C=O) groups excluding carboxylic acids is 1. The number of aromatic hydroxyl groups is 1. The topological polar surface area (TPSA) is 52.6 Å². The molecule has 2 atom stereocenters. The molecule has 1 fully saturated rings. The number of phenolic OH excluding ortho intramolecular Hbond substituents is 1. The van der Waals surface area contributed by atoms with Crippen molar-refractivity contribution in [3.05, 3.63) is 64.2 Å². The van der Waals surface area contributed by atoms with Crippen LogP contribution in [0, 0.1) is 6.92 Å². The molecule has 1 saturated heterocycles. The van der Waals surface area contributed by atoms with Crippen LogP contribution in [-0.2, 0) is 11.3 Å². The Morgan fingerprint density at radius 3 is 2.60 bits per heavy atom. The van der Waals surface area contributed by atoms with Gasteiger partial charge >= 0.3 is 0 Å². The molecule has 1 aliphatic rings. The lowest BCUT2D eigenvalue weighted by molar-refractivity contribution is -0.119. The number of nitrogens with one attached hydrogen (secondary N) is 1. The van der Waals surface area contributed by atoms with E-state index >= 15 is 0 Å². The fraction of sp³-hybridized carbons (Fsp3) is 0.350. The molecule has 2 unspecified atom stereocenters. The van der Waals surface area contributed by atoms with Gasteiger partial charge in [-0.2, -0.15) is 0 Å². The second-order valence-electron chi connectivity index (χ2n) is 6.79. The molecule has 1 aliphatic heterocycles. The molecule has 2 aromatic carbocycles. The monoisotopic (exact) mass is 358 g/mol. The minimum atomic E-state index is -0.00775. The number of halogens is 1.